The van der Waals surface area contributed by atoms with Crippen LogP contribution < -0.4 is 0 Å². The zero-order valence-electron chi connectivity index (χ0n) is 49.4. The Bertz CT molecular complexity index is 1140. The molecule has 0 aromatic carbocycles. The molecule has 0 spiro atoms. The van der Waals surface area contributed by atoms with Crippen molar-refractivity contribution in [2.45, 2.75) is 331 Å². The number of carboxylic acids is 1. The number of hydrogen-bond acceptors (Lipinski definition) is 9. The zero-order chi connectivity index (χ0) is 53.6. The minimum atomic E-state index is -3.48. The van der Waals surface area contributed by atoms with E-state index in [0.29, 0.717) is 25.7 Å². The van der Waals surface area contributed by atoms with E-state index < -0.39 is 84.3 Å². The van der Waals surface area contributed by atoms with E-state index in [-0.39, 0.29) is 36.3 Å². The van der Waals surface area contributed by atoms with Gasteiger partial charge in [0.2, 0.25) is 0 Å². The third-order valence-electron chi connectivity index (χ3n) is 11.5. The van der Waals surface area contributed by atoms with Gasteiger partial charge >= 0.3 is 362 Å². The molecular weight excluding hydrogens is 1350 g/mol. The molecule has 5 N–H and O–H groups in total. The average molecular weight is 1480 g/mol. The fourth-order valence-electron chi connectivity index (χ4n) is 7.89. The van der Waals surface area contributed by atoms with Crippen LogP contribution in [0.25, 0.3) is 0 Å². The molecule has 0 aliphatic heterocycles. The van der Waals surface area contributed by atoms with E-state index in [9.17, 15) is 22.3 Å². The Morgan fingerprint density at radius 2 is 0.562 bits per heavy atom. The Balaban J connectivity index is -0.000000191. The van der Waals surface area contributed by atoms with Gasteiger partial charge in [-0.25, -0.2) is 0 Å². The summed E-state index contributed by atoms with van der Waals surface area (Å²) in [5.74, 6) is -0.894. The van der Waals surface area contributed by atoms with E-state index in [1.165, 1.54) is 186 Å². The summed E-state index contributed by atoms with van der Waals surface area (Å²) in [5, 5.41) is 8.41. The van der Waals surface area contributed by atoms with Crippen LogP contribution in [0.5, 0.6) is 0 Å². The summed E-state index contributed by atoms with van der Waals surface area (Å²) >= 11 is -10.4. The molecule has 73 heavy (non-hydrogen) atoms. The van der Waals surface area contributed by atoms with Gasteiger partial charge in [-0.05, 0) is 6.42 Å². The van der Waals surface area contributed by atoms with E-state index in [2.05, 4.69) is 37.6 Å². The predicted molar refractivity (Wildman–Crippen MR) is 319 cm³/mol. The molecule has 441 valence electrons. The summed E-state index contributed by atoms with van der Waals surface area (Å²) < 4.78 is 32.9. The van der Waals surface area contributed by atoms with E-state index in [0.717, 1.165) is 44.9 Å². The van der Waals surface area contributed by atoms with Crippen LogP contribution in [-0.2, 0) is 32.9 Å². The molecule has 0 aliphatic rings. The summed E-state index contributed by atoms with van der Waals surface area (Å²) in [6.45, 7) is 8.96. The predicted octanol–water partition coefficient (Wildman–Crippen LogP) is 17.7. The van der Waals surface area contributed by atoms with Crippen LogP contribution in [0.4, 0.5) is 0 Å². The van der Waals surface area contributed by atoms with Crippen molar-refractivity contribution in [2.75, 3.05) is 0 Å². The molecule has 16 heteroatoms. The van der Waals surface area contributed by atoms with Crippen LogP contribution in [-0.4, -0.2) is 118 Å². The summed E-state index contributed by atoms with van der Waals surface area (Å²) in [6, 6.07) is 0. The van der Waals surface area contributed by atoms with Crippen molar-refractivity contribution in [3.63, 3.8) is 0 Å². The van der Waals surface area contributed by atoms with Gasteiger partial charge in [0, 0.05) is 6.42 Å². The molecule has 1 radical (unpaired) electrons. The fraction of sp³-hybridized carbons (Fsp3) is 0.930. The fourth-order valence-corrected chi connectivity index (χ4v) is 41.1. The van der Waals surface area contributed by atoms with Crippen molar-refractivity contribution in [1.82, 2.24) is 0 Å². The minimum absolute atomic E-state index is 0. The molecule has 0 bridgehead atoms. The maximum absolute atomic E-state index is 12.3. The monoisotopic (exact) mass is 1480 g/mol. The second-order valence-corrected chi connectivity index (χ2v) is 53.4. The Hall–Kier alpha value is 0.755. The average Bonchev–Trinajstić information content (AvgIpc) is 3.26. The first kappa shape index (κ1) is 87.6. The topological polar surface area (TPSA) is 206 Å². The summed E-state index contributed by atoms with van der Waals surface area (Å²) in [7, 11) is 0. The third-order valence-corrected chi connectivity index (χ3v) is 39.0. The van der Waals surface area contributed by atoms with Crippen molar-refractivity contribution in [1.29, 1.82) is 0 Å². The Labute approximate surface area is 478 Å². The molecule has 0 aromatic rings. The van der Waals surface area contributed by atoms with Gasteiger partial charge in [0.05, 0.1) is 0 Å². The summed E-state index contributed by atoms with van der Waals surface area (Å²) in [6.07, 6.45) is 46.8. The van der Waals surface area contributed by atoms with E-state index >= 15 is 0 Å². The van der Waals surface area contributed by atoms with Crippen molar-refractivity contribution >= 4 is 102 Å². The van der Waals surface area contributed by atoms with Crippen molar-refractivity contribution in [3.05, 3.63) is 0 Å². The first-order valence-electron chi connectivity index (χ1n) is 29.1. The first-order chi connectivity index (χ1) is 33.3. The summed E-state index contributed by atoms with van der Waals surface area (Å²) in [5.41, 5.74) is 0. The molecule has 0 unspecified atom stereocenters. The SMILES string of the molecule is C.CCCCCCCCCCCC(=O)O.CCCCCCCCCCCC(=O)[O][Sn]([CH3])([CH3])[O][Sn]([CH3])([CH3])[O]C(=O)CCCCCCCCCCC.CCCCCCCCCCCC(=O)[O][Sn]([CH3])[CH3].O.O.[CH3][Sn]([CH3])=[O]. The second kappa shape index (κ2) is 67.0. The number of carboxylic acid groups (broad SMARTS) is 1. The number of aliphatic carboxylic acids is 1. The van der Waals surface area contributed by atoms with Crippen LogP contribution in [0.3, 0.4) is 0 Å². The van der Waals surface area contributed by atoms with Gasteiger partial charge in [-0.15, -0.1) is 0 Å². The van der Waals surface area contributed by atoms with E-state index in [1.54, 1.807) is 0 Å². The van der Waals surface area contributed by atoms with Gasteiger partial charge in [0.15, 0.2) is 0 Å². The van der Waals surface area contributed by atoms with Gasteiger partial charge in [0.1, 0.15) is 0 Å². The number of carbonyl (C=O) groups is 4. The molecule has 12 nitrogen and oxygen atoms in total. The number of hydrogen-bond donors (Lipinski definition) is 1. The van der Waals surface area contributed by atoms with E-state index in [1.807, 2.05) is 29.6 Å². The number of unbranched alkanes of at least 4 members (excludes halogenated alkanes) is 32. The normalized spacial score (nSPS) is 10.6. The van der Waals surface area contributed by atoms with Crippen LogP contribution in [0, 0.1) is 0 Å². The molecule has 0 amide bonds. The first-order valence-corrected chi connectivity index (χ1v) is 58.9. The van der Waals surface area contributed by atoms with Gasteiger partial charge in [-0.3, -0.25) is 4.79 Å². The Morgan fingerprint density at radius 3 is 0.767 bits per heavy atom. The van der Waals surface area contributed by atoms with Crippen molar-refractivity contribution in [3.8, 4) is 0 Å². The quantitative estimate of drug-likeness (QED) is 0.0451. The Kier molecular flexibility index (Phi) is 80.4. The molecule has 0 rings (SSSR count). The third kappa shape index (κ3) is 86.9. The van der Waals surface area contributed by atoms with Crippen LogP contribution >= 0.6 is 0 Å². The number of rotatable bonds is 45. The van der Waals surface area contributed by atoms with E-state index in [4.69, 9.17) is 15.7 Å². The molecule has 0 saturated heterocycles. The molecule has 0 aliphatic carbocycles. The standard InChI is InChI=1S/4C12H24O2.CH4.8CH3.2H2O.2O.4Sn/c4*1-2-3-4-5-6-7-8-9-10-11-12(13)14;;;;;;;;;;;;;;;;;/h4*2-11H2,1H3,(H,13,14);1H4;8*1H3;2*1H2;;;;;;/q;;;;;;;;;;;;;;;;;;3*+1/p-3. The molecule has 0 atom stereocenters. The Morgan fingerprint density at radius 1 is 0.370 bits per heavy atom. The van der Waals surface area contributed by atoms with Gasteiger partial charge in [-0.1, -0.05) is 86.5 Å². The molecular formula is C57H125O12Sn4. The summed E-state index contributed by atoms with van der Waals surface area (Å²) in [4.78, 5) is 61.8. The second-order valence-electron chi connectivity index (χ2n) is 20.8. The molecule has 0 saturated carbocycles. The maximum atomic E-state index is 12.3. The van der Waals surface area contributed by atoms with Crippen LogP contribution in [0.15, 0.2) is 0 Å². The van der Waals surface area contributed by atoms with Crippen LogP contribution in [0.1, 0.15) is 292 Å². The molecule has 0 aromatic heterocycles. The van der Waals surface area contributed by atoms with Gasteiger partial charge in [-0.2, -0.15) is 0 Å². The molecule has 0 heterocycles. The molecule has 0 fully saturated rings. The van der Waals surface area contributed by atoms with Crippen molar-refractivity contribution < 1.29 is 48.9 Å². The zero-order valence-corrected chi connectivity index (χ0v) is 60.8. The van der Waals surface area contributed by atoms with Crippen molar-refractivity contribution in [2.24, 2.45) is 0 Å². The van der Waals surface area contributed by atoms with Crippen LogP contribution in [0.2, 0.25) is 39.5 Å². The van der Waals surface area contributed by atoms with Gasteiger partial charge in [0.25, 0.3) is 0 Å². The van der Waals surface area contributed by atoms with Gasteiger partial charge < -0.3 is 16.1 Å². The number of carbonyl (C=O) groups excluding carboxylic acids is 3.